The molecule has 0 amide bonds. The fourth-order valence-corrected chi connectivity index (χ4v) is 3.60. The normalized spacial score (nSPS) is 18.8. The van der Waals surface area contributed by atoms with Crippen molar-refractivity contribution in [2.45, 2.75) is 57.9 Å². The molecular weight excluding hydrogens is 260 g/mol. The molecule has 3 nitrogen and oxygen atoms in total. The van der Waals surface area contributed by atoms with E-state index in [0.29, 0.717) is 0 Å². The Morgan fingerprint density at radius 1 is 1.24 bits per heavy atom. The van der Waals surface area contributed by atoms with Gasteiger partial charge in [-0.2, -0.15) is 0 Å². The fourth-order valence-electron chi connectivity index (χ4n) is 3.60. The van der Waals surface area contributed by atoms with Crippen molar-refractivity contribution in [2.75, 3.05) is 0 Å². The van der Waals surface area contributed by atoms with Crippen LogP contribution in [0.5, 0.6) is 0 Å². The summed E-state index contributed by atoms with van der Waals surface area (Å²) in [7, 11) is 0. The number of hydrogen-bond donors (Lipinski definition) is 2. The first kappa shape index (κ1) is 14.6. The molecule has 2 aromatic rings. The van der Waals surface area contributed by atoms with Crippen LogP contribution in [-0.2, 0) is 0 Å². The molecule has 3 heteroatoms. The second-order valence-corrected chi connectivity index (χ2v) is 6.45. The summed E-state index contributed by atoms with van der Waals surface area (Å²) in [6.45, 7) is 2.09. The minimum absolute atomic E-state index is 0.125. The van der Waals surface area contributed by atoms with Gasteiger partial charge in [0.05, 0.1) is 6.04 Å². The van der Waals surface area contributed by atoms with Crippen LogP contribution in [0.1, 0.15) is 62.3 Å². The molecule has 1 saturated carbocycles. The minimum Gasteiger partial charge on any atom is -0.459 e. The summed E-state index contributed by atoms with van der Waals surface area (Å²) in [6, 6.07) is 8.54. The average molecular weight is 286 g/mol. The van der Waals surface area contributed by atoms with Crippen molar-refractivity contribution in [3.8, 4) is 0 Å². The monoisotopic (exact) mass is 286 g/mol. The second kappa shape index (κ2) is 6.63. The molecule has 3 N–H and O–H groups in total. The molecule has 1 atom stereocenters. The van der Waals surface area contributed by atoms with E-state index in [1.807, 2.05) is 0 Å². The molecule has 1 aromatic carbocycles. The Hall–Kier alpha value is -1.32. The third kappa shape index (κ3) is 3.30. The van der Waals surface area contributed by atoms with E-state index in [4.69, 9.17) is 10.3 Å². The van der Waals surface area contributed by atoms with Gasteiger partial charge in [-0.15, -0.1) is 0 Å². The molecule has 1 aliphatic carbocycles. The largest absolute Gasteiger partial charge is 0.459 e. The van der Waals surface area contributed by atoms with Crippen molar-refractivity contribution in [3.05, 3.63) is 35.6 Å². The average Bonchev–Trinajstić information content (AvgIpc) is 2.76. The lowest BCUT2D eigenvalue weighted by Gasteiger charge is -2.20. The highest BCUT2D eigenvalue weighted by molar-refractivity contribution is 5.80. The van der Waals surface area contributed by atoms with E-state index in [1.165, 1.54) is 49.5 Å². The maximum Gasteiger partial charge on any atom is 0.137 e. The summed E-state index contributed by atoms with van der Waals surface area (Å²) in [5, 5.41) is 1.17. The Labute approximate surface area is 126 Å². The lowest BCUT2D eigenvalue weighted by molar-refractivity contribution is 0.327. The Morgan fingerprint density at radius 2 is 2.00 bits per heavy atom. The number of hydrazine groups is 1. The van der Waals surface area contributed by atoms with Gasteiger partial charge < -0.3 is 4.42 Å². The minimum atomic E-state index is 0.125. The van der Waals surface area contributed by atoms with Crippen LogP contribution in [0, 0.1) is 12.8 Å². The Morgan fingerprint density at radius 3 is 2.67 bits per heavy atom. The molecule has 1 fully saturated rings. The van der Waals surface area contributed by atoms with Crippen LogP contribution >= 0.6 is 0 Å². The van der Waals surface area contributed by atoms with E-state index < -0.39 is 0 Å². The van der Waals surface area contributed by atoms with Crippen molar-refractivity contribution >= 4 is 11.0 Å². The van der Waals surface area contributed by atoms with Crippen LogP contribution in [0.15, 0.2) is 28.7 Å². The van der Waals surface area contributed by atoms with Crippen LogP contribution in [0.2, 0.25) is 0 Å². The summed E-state index contributed by atoms with van der Waals surface area (Å²) in [5.41, 5.74) is 5.15. The first-order chi connectivity index (χ1) is 10.3. The number of rotatable bonds is 4. The van der Waals surface area contributed by atoms with E-state index in [9.17, 15) is 0 Å². The standard InChI is InChI=1S/C18H26N2O/c1-13-7-6-10-15-12-17(21-18(13)15)16(20-19)11-14-8-4-2-3-5-9-14/h6-7,10,12,14,16,20H,2-5,8-9,11,19H2,1H3. The fraction of sp³-hybridized carbons (Fsp3) is 0.556. The van der Waals surface area contributed by atoms with Gasteiger partial charge in [0, 0.05) is 5.39 Å². The van der Waals surface area contributed by atoms with E-state index >= 15 is 0 Å². The lowest BCUT2D eigenvalue weighted by Crippen LogP contribution is -2.29. The first-order valence-electron chi connectivity index (χ1n) is 8.23. The topological polar surface area (TPSA) is 51.2 Å². The third-order valence-corrected chi connectivity index (χ3v) is 4.85. The van der Waals surface area contributed by atoms with Crippen LogP contribution in [0.4, 0.5) is 0 Å². The van der Waals surface area contributed by atoms with Crippen LogP contribution in [0.25, 0.3) is 11.0 Å². The van der Waals surface area contributed by atoms with Crippen molar-refractivity contribution in [1.29, 1.82) is 0 Å². The van der Waals surface area contributed by atoms with Gasteiger partial charge >= 0.3 is 0 Å². The number of nitrogens with two attached hydrogens (primary N) is 1. The highest BCUT2D eigenvalue weighted by Gasteiger charge is 2.21. The maximum absolute atomic E-state index is 6.08. The molecule has 0 bridgehead atoms. The first-order valence-corrected chi connectivity index (χ1v) is 8.23. The number of fused-ring (bicyclic) bond motifs is 1. The Bertz CT molecular complexity index is 582. The summed E-state index contributed by atoms with van der Waals surface area (Å²) in [6.07, 6.45) is 9.24. The Balaban J connectivity index is 1.79. The van der Waals surface area contributed by atoms with Crippen LogP contribution in [-0.4, -0.2) is 0 Å². The molecule has 0 aliphatic heterocycles. The number of benzene rings is 1. The van der Waals surface area contributed by atoms with Crippen molar-refractivity contribution in [2.24, 2.45) is 11.8 Å². The van der Waals surface area contributed by atoms with Gasteiger partial charge in [-0.3, -0.25) is 5.84 Å². The number of furan rings is 1. The number of nitrogens with one attached hydrogen (secondary N) is 1. The van der Waals surface area contributed by atoms with E-state index in [1.54, 1.807) is 0 Å². The van der Waals surface area contributed by atoms with Gasteiger partial charge in [0.15, 0.2) is 0 Å². The van der Waals surface area contributed by atoms with Crippen molar-refractivity contribution in [3.63, 3.8) is 0 Å². The smallest absolute Gasteiger partial charge is 0.137 e. The van der Waals surface area contributed by atoms with Crippen LogP contribution < -0.4 is 11.3 Å². The molecule has 3 rings (SSSR count). The summed E-state index contributed by atoms with van der Waals surface area (Å²) in [5.74, 6) is 7.56. The van der Waals surface area contributed by atoms with Crippen molar-refractivity contribution in [1.82, 2.24) is 5.43 Å². The lowest BCUT2D eigenvalue weighted by atomic mass is 9.92. The predicted molar refractivity (Wildman–Crippen MR) is 86.8 cm³/mol. The summed E-state index contributed by atoms with van der Waals surface area (Å²) in [4.78, 5) is 0. The molecule has 1 heterocycles. The van der Waals surface area contributed by atoms with E-state index in [-0.39, 0.29) is 6.04 Å². The third-order valence-electron chi connectivity index (χ3n) is 4.85. The zero-order chi connectivity index (χ0) is 14.7. The number of hydrogen-bond acceptors (Lipinski definition) is 3. The highest BCUT2D eigenvalue weighted by atomic mass is 16.3. The number of aryl methyl sites for hydroxylation is 1. The second-order valence-electron chi connectivity index (χ2n) is 6.45. The van der Waals surface area contributed by atoms with Crippen molar-refractivity contribution < 1.29 is 4.42 Å². The zero-order valence-corrected chi connectivity index (χ0v) is 12.9. The van der Waals surface area contributed by atoms with Crippen LogP contribution in [0.3, 0.4) is 0 Å². The van der Waals surface area contributed by atoms with Gasteiger partial charge in [-0.25, -0.2) is 5.43 Å². The van der Waals surface area contributed by atoms with Gasteiger partial charge in [-0.05, 0) is 30.9 Å². The maximum atomic E-state index is 6.08. The molecule has 0 saturated heterocycles. The molecule has 0 radical (unpaired) electrons. The molecular formula is C18H26N2O. The molecule has 21 heavy (non-hydrogen) atoms. The van der Waals surface area contributed by atoms with Gasteiger partial charge in [0.1, 0.15) is 11.3 Å². The predicted octanol–water partition coefficient (Wildman–Crippen LogP) is 4.61. The van der Waals surface area contributed by atoms with Gasteiger partial charge in [0.2, 0.25) is 0 Å². The molecule has 0 spiro atoms. The van der Waals surface area contributed by atoms with Gasteiger partial charge in [-0.1, -0.05) is 56.7 Å². The number of para-hydroxylation sites is 1. The quantitative estimate of drug-likeness (QED) is 0.490. The zero-order valence-electron chi connectivity index (χ0n) is 12.9. The van der Waals surface area contributed by atoms with E-state index in [0.717, 1.165) is 23.7 Å². The van der Waals surface area contributed by atoms with E-state index in [2.05, 4.69) is 36.6 Å². The molecule has 1 unspecified atom stereocenters. The molecule has 1 aliphatic rings. The summed E-state index contributed by atoms with van der Waals surface area (Å²) < 4.78 is 6.08. The molecule has 114 valence electrons. The highest BCUT2D eigenvalue weighted by Crippen LogP contribution is 2.33. The SMILES string of the molecule is Cc1cccc2cc(C(CC3CCCCCC3)NN)oc12. The molecule has 1 aromatic heterocycles. The summed E-state index contributed by atoms with van der Waals surface area (Å²) >= 11 is 0. The van der Waals surface area contributed by atoms with Gasteiger partial charge in [0.25, 0.3) is 0 Å². The Kier molecular flexibility index (Phi) is 4.61.